The van der Waals surface area contributed by atoms with Crippen LogP contribution in [0.3, 0.4) is 0 Å². The van der Waals surface area contributed by atoms with Crippen LogP contribution in [-0.2, 0) is 4.79 Å². The van der Waals surface area contributed by atoms with Crippen molar-refractivity contribution in [2.45, 2.75) is 47.1 Å². The van der Waals surface area contributed by atoms with Crippen LogP contribution in [0, 0.1) is 31.6 Å². The summed E-state index contributed by atoms with van der Waals surface area (Å²) in [5.41, 5.74) is 9.41. The lowest BCUT2D eigenvalue weighted by Gasteiger charge is -2.31. The van der Waals surface area contributed by atoms with Crippen LogP contribution in [0.2, 0.25) is 5.02 Å². The summed E-state index contributed by atoms with van der Waals surface area (Å²) in [6.07, 6.45) is 1.73. The molecule has 33 heavy (non-hydrogen) atoms. The molecule has 1 aromatic heterocycles. The predicted octanol–water partition coefficient (Wildman–Crippen LogP) is 3.46. The normalized spacial score (nSPS) is 25.8. The summed E-state index contributed by atoms with van der Waals surface area (Å²) >= 11 is 6.40. The summed E-state index contributed by atoms with van der Waals surface area (Å²) in [6.45, 7) is 13.0. The molecule has 2 aromatic rings. The second-order valence-corrected chi connectivity index (χ2v) is 10.7. The van der Waals surface area contributed by atoms with Gasteiger partial charge in [-0.15, -0.1) is 0 Å². The fourth-order valence-corrected chi connectivity index (χ4v) is 5.79. The molecule has 176 valence electrons. The molecule has 0 saturated carbocycles. The average molecular weight is 470 g/mol. The number of hydrogen-bond donors (Lipinski definition) is 1. The summed E-state index contributed by atoms with van der Waals surface area (Å²) < 4.78 is 0. The molecule has 0 bridgehead atoms. The highest BCUT2D eigenvalue weighted by molar-refractivity contribution is 6.31. The topological polar surface area (TPSA) is 92.4 Å². The van der Waals surface area contributed by atoms with Gasteiger partial charge in [-0.05, 0) is 38.0 Å². The van der Waals surface area contributed by atoms with Crippen molar-refractivity contribution in [2.75, 3.05) is 26.2 Å². The number of nitrogens with two attached hydrogens (primary N) is 1. The van der Waals surface area contributed by atoms with Crippen LogP contribution in [0.15, 0.2) is 24.5 Å². The van der Waals surface area contributed by atoms with Gasteiger partial charge in [-0.1, -0.05) is 37.6 Å². The zero-order valence-electron chi connectivity index (χ0n) is 20.0. The molecule has 0 spiro atoms. The molecular formula is C25H32ClN5O2. The van der Waals surface area contributed by atoms with Crippen LogP contribution in [0.25, 0.3) is 0 Å². The average Bonchev–Trinajstić information content (AvgIpc) is 3.12. The molecule has 2 amide bonds. The van der Waals surface area contributed by atoms with Gasteiger partial charge >= 0.3 is 0 Å². The van der Waals surface area contributed by atoms with Crippen molar-refractivity contribution in [1.82, 2.24) is 19.8 Å². The Morgan fingerprint density at radius 2 is 1.64 bits per heavy atom. The number of carbonyl (C=O) groups excluding carboxylic acids is 2. The summed E-state index contributed by atoms with van der Waals surface area (Å²) in [5.74, 6) is -0.344. The first-order valence-electron chi connectivity index (χ1n) is 11.3. The van der Waals surface area contributed by atoms with E-state index in [1.165, 1.54) is 6.33 Å². The first-order chi connectivity index (χ1) is 15.4. The van der Waals surface area contributed by atoms with Gasteiger partial charge in [0.05, 0.1) is 17.0 Å². The Hall–Kier alpha value is -2.51. The second-order valence-electron chi connectivity index (χ2n) is 10.3. The number of nitrogens with zero attached hydrogens (tertiary/aromatic N) is 4. The van der Waals surface area contributed by atoms with E-state index in [9.17, 15) is 9.59 Å². The van der Waals surface area contributed by atoms with Crippen molar-refractivity contribution in [3.63, 3.8) is 0 Å². The predicted molar refractivity (Wildman–Crippen MR) is 128 cm³/mol. The third-order valence-electron chi connectivity index (χ3n) is 7.78. The van der Waals surface area contributed by atoms with Crippen molar-refractivity contribution >= 4 is 23.4 Å². The van der Waals surface area contributed by atoms with Gasteiger partial charge in [-0.2, -0.15) is 0 Å². The smallest absolute Gasteiger partial charge is 0.257 e. The summed E-state index contributed by atoms with van der Waals surface area (Å²) in [6, 6.07) is 5.82. The van der Waals surface area contributed by atoms with E-state index in [1.54, 1.807) is 0 Å². The molecule has 8 heteroatoms. The molecule has 3 atom stereocenters. The van der Waals surface area contributed by atoms with Gasteiger partial charge in [0.1, 0.15) is 6.33 Å². The fraction of sp³-hybridized carbons (Fsp3) is 0.520. The molecule has 0 aliphatic carbocycles. The Balaban J connectivity index is 1.59. The Morgan fingerprint density at radius 3 is 2.15 bits per heavy atom. The molecular weight excluding hydrogens is 438 g/mol. The summed E-state index contributed by atoms with van der Waals surface area (Å²) in [4.78, 5) is 38.1. The van der Waals surface area contributed by atoms with Crippen LogP contribution in [0.4, 0.5) is 0 Å². The van der Waals surface area contributed by atoms with Gasteiger partial charge < -0.3 is 10.6 Å². The van der Waals surface area contributed by atoms with E-state index in [2.05, 4.69) is 28.7 Å². The minimum Gasteiger partial charge on any atom is -0.370 e. The zero-order chi connectivity index (χ0) is 24.1. The van der Waals surface area contributed by atoms with E-state index >= 15 is 0 Å². The Morgan fingerprint density at radius 1 is 1.06 bits per heavy atom. The largest absolute Gasteiger partial charge is 0.370 e. The lowest BCUT2D eigenvalue weighted by molar-refractivity contribution is -0.119. The van der Waals surface area contributed by atoms with E-state index in [0.717, 1.165) is 24.2 Å². The number of aryl methyl sites for hydroxylation is 3. The third kappa shape index (κ3) is 4.13. The lowest BCUT2D eigenvalue weighted by atomic mass is 9.71. The molecule has 2 saturated heterocycles. The van der Waals surface area contributed by atoms with Gasteiger partial charge in [-0.25, -0.2) is 9.97 Å². The molecule has 2 N–H and O–H groups in total. The van der Waals surface area contributed by atoms with Gasteiger partial charge in [0.15, 0.2) is 0 Å². The number of hydrogen-bond acceptors (Lipinski definition) is 5. The van der Waals surface area contributed by atoms with Crippen molar-refractivity contribution in [1.29, 1.82) is 0 Å². The number of primary amides is 1. The molecule has 0 radical (unpaired) electrons. The maximum absolute atomic E-state index is 13.4. The van der Waals surface area contributed by atoms with Gasteiger partial charge in [0.2, 0.25) is 5.91 Å². The van der Waals surface area contributed by atoms with Gasteiger partial charge in [0.25, 0.3) is 5.91 Å². The quantitative estimate of drug-likeness (QED) is 0.723. The van der Waals surface area contributed by atoms with Crippen molar-refractivity contribution < 1.29 is 9.59 Å². The van der Waals surface area contributed by atoms with Gasteiger partial charge in [-0.3, -0.25) is 14.5 Å². The molecule has 2 aliphatic rings. The number of carbonyl (C=O) groups is 2. The van der Waals surface area contributed by atoms with Crippen molar-refractivity contribution in [2.24, 2.45) is 16.6 Å². The molecule has 2 fully saturated rings. The number of rotatable bonds is 5. The highest BCUT2D eigenvalue weighted by Gasteiger charge is 2.59. The van der Waals surface area contributed by atoms with Crippen molar-refractivity contribution in [3.8, 4) is 0 Å². The van der Waals surface area contributed by atoms with Crippen LogP contribution in [0.1, 0.15) is 59.2 Å². The molecule has 4 rings (SSSR count). The Labute approximate surface area is 200 Å². The number of fused-ring (bicyclic) bond motifs is 1. The van der Waals surface area contributed by atoms with E-state index in [1.807, 2.05) is 43.9 Å². The SMILES string of the molecule is Cc1ccc(C(CC(N)=O)N2CC3(C)CN(C(=O)c4c(C)ncnc4C)CC3(C)C2)cc1Cl. The highest BCUT2D eigenvalue weighted by atomic mass is 35.5. The summed E-state index contributed by atoms with van der Waals surface area (Å²) in [7, 11) is 0. The van der Waals surface area contributed by atoms with Crippen molar-refractivity contribution in [3.05, 3.63) is 57.6 Å². The fourth-order valence-electron chi connectivity index (χ4n) is 5.60. The van der Waals surface area contributed by atoms with E-state index in [4.69, 9.17) is 17.3 Å². The number of aromatic nitrogens is 2. The van der Waals surface area contributed by atoms with E-state index in [0.29, 0.717) is 35.1 Å². The molecule has 1 aromatic carbocycles. The van der Waals surface area contributed by atoms with Gasteiger partial charge in [0, 0.05) is 54.5 Å². The maximum Gasteiger partial charge on any atom is 0.257 e. The highest BCUT2D eigenvalue weighted by Crippen LogP contribution is 2.54. The Bertz CT molecular complexity index is 1080. The number of amides is 2. The molecule has 7 nitrogen and oxygen atoms in total. The monoisotopic (exact) mass is 469 g/mol. The first-order valence-corrected chi connectivity index (χ1v) is 11.7. The van der Waals surface area contributed by atoms with E-state index < -0.39 is 0 Å². The zero-order valence-corrected chi connectivity index (χ0v) is 20.7. The van der Waals surface area contributed by atoms with Crippen LogP contribution < -0.4 is 5.73 Å². The maximum atomic E-state index is 13.4. The molecule has 3 heterocycles. The minimum atomic E-state index is -0.337. The third-order valence-corrected chi connectivity index (χ3v) is 8.19. The first kappa shape index (κ1) is 23.6. The second kappa shape index (κ2) is 8.37. The molecule has 2 aliphatic heterocycles. The lowest BCUT2D eigenvalue weighted by Crippen LogP contribution is -2.38. The van der Waals surface area contributed by atoms with E-state index in [-0.39, 0.29) is 35.1 Å². The van der Waals surface area contributed by atoms with Crippen LogP contribution in [0.5, 0.6) is 0 Å². The molecule has 3 unspecified atom stereocenters. The number of likely N-dealkylation sites (tertiary alicyclic amines) is 2. The standard InChI is InChI=1S/C25H32ClN5O2/c1-15-6-7-18(8-19(15)26)20(9-21(27)32)30-10-24(4)12-31(13-25(24,5)11-30)23(33)22-16(2)28-14-29-17(22)3/h6-8,14,20H,9-13H2,1-5H3,(H2,27,32). The minimum absolute atomic E-state index is 0.00648. The van der Waals surface area contributed by atoms with Crippen LogP contribution >= 0.6 is 11.6 Å². The number of halogens is 1. The number of benzene rings is 1. The van der Waals surface area contributed by atoms with Crippen LogP contribution in [-0.4, -0.2) is 57.8 Å². The Kier molecular flexibility index (Phi) is 5.99. The summed E-state index contributed by atoms with van der Waals surface area (Å²) in [5, 5.41) is 0.686.